The maximum Gasteiger partial charge on any atom is 0.222 e. The monoisotopic (exact) mass is 295 g/mol. The number of carbonyl (C=O) groups is 1. The third-order valence-electron chi connectivity index (χ3n) is 3.67. The molecule has 0 aliphatic carbocycles. The zero-order valence-electron chi connectivity index (χ0n) is 10.5. The number of likely N-dealkylation sites (tertiary alicyclic amines) is 1. The number of H-pyrrole nitrogens is 1. The molecule has 0 radical (unpaired) electrons. The molecule has 2 aromatic rings. The summed E-state index contributed by atoms with van der Waals surface area (Å²) in [6.45, 7) is 0.687. The van der Waals surface area contributed by atoms with Crippen LogP contribution in [0, 0.1) is 4.77 Å². The highest BCUT2D eigenvalue weighted by molar-refractivity contribution is 7.71. The van der Waals surface area contributed by atoms with Crippen molar-refractivity contribution in [1.82, 2.24) is 14.5 Å². The molecule has 100 valence electrons. The number of para-hydroxylation sites is 1. The van der Waals surface area contributed by atoms with Crippen molar-refractivity contribution in [2.24, 2.45) is 0 Å². The summed E-state index contributed by atoms with van der Waals surface area (Å²) in [7, 11) is 1.83. The average molecular weight is 296 g/mol. The molecule has 1 atom stereocenters. The van der Waals surface area contributed by atoms with Gasteiger partial charge in [-0.3, -0.25) is 4.79 Å². The van der Waals surface area contributed by atoms with Crippen LogP contribution in [0.2, 0.25) is 5.02 Å². The van der Waals surface area contributed by atoms with Crippen molar-refractivity contribution in [3.05, 3.63) is 28.0 Å². The number of nitrogens with one attached hydrogen (secondary N) is 1. The molecule has 1 fully saturated rings. The highest BCUT2D eigenvalue weighted by Crippen LogP contribution is 2.29. The van der Waals surface area contributed by atoms with Gasteiger partial charge in [-0.15, -0.1) is 0 Å². The van der Waals surface area contributed by atoms with Gasteiger partial charge < -0.3 is 14.5 Å². The summed E-state index contributed by atoms with van der Waals surface area (Å²) >= 11 is 11.6. The fourth-order valence-electron chi connectivity index (χ4n) is 2.68. The Kier molecular flexibility index (Phi) is 3.11. The van der Waals surface area contributed by atoms with E-state index in [9.17, 15) is 4.79 Å². The van der Waals surface area contributed by atoms with Crippen LogP contribution in [-0.2, 0) is 4.79 Å². The number of imidazole rings is 1. The highest BCUT2D eigenvalue weighted by Gasteiger charge is 2.25. The lowest BCUT2D eigenvalue weighted by Gasteiger charge is -2.30. The Morgan fingerprint density at radius 3 is 3.00 bits per heavy atom. The molecule has 1 aliphatic heterocycles. The van der Waals surface area contributed by atoms with Gasteiger partial charge >= 0.3 is 0 Å². The van der Waals surface area contributed by atoms with Crippen LogP contribution in [0.3, 0.4) is 0 Å². The van der Waals surface area contributed by atoms with Crippen molar-refractivity contribution in [3.8, 4) is 0 Å². The van der Waals surface area contributed by atoms with E-state index in [0.717, 1.165) is 17.5 Å². The molecule has 1 aromatic heterocycles. The lowest BCUT2D eigenvalue weighted by Crippen LogP contribution is -2.37. The zero-order valence-corrected chi connectivity index (χ0v) is 12.1. The molecule has 1 N–H and O–H groups in total. The molecule has 4 nitrogen and oxygen atoms in total. The third-order valence-corrected chi connectivity index (χ3v) is 4.28. The summed E-state index contributed by atoms with van der Waals surface area (Å²) < 4.78 is 2.75. The maximum atomic E-state index is 11.6. The van der Waals surface area contributed by atoms with E-state index >= 15 is 0 Å². The van der Waals surface area contributed by atoms with Crippen molar-refractivity contribution < 1.29 is 4.79 Å². The van der Waals surface area contributed by atoms with Crippen molar-refractivity contribution in [3.63, 3.8) is 0 Å². The Morgan fingerprint density at radius 2 is 2.26 bits per heavy atom. The summed E-state index contributed by atoms with van der Waals surface area (Å²) in [5.74, 6) is 0.195. The Hall–Kier alpha value is -1.33. The van der Waals surface area contributed by atoms with Gasteiger partial charge in [0.05, 0.1) is 22.1 Å². The number of aromatic nitrogens is 2. The van der Waals surface area contributed by atoms with E-state index in [4.69, 9.17) is 23.8 Å². The van der Waals surface area contributed by atoms with Crippen LogP contribution in [0.5, 0.6) is 0 Å². The van der Waals surface area contributed by atoms with Crippen molar-refractivity contribution in [2.45, 2.75) is 18.9 Å². The number of hydrogen-bond donors (Lipinski definition) is 1. The minimum Gasteiger partial charge on any atom is -0.344 e. The fourth-order valence-corrected chi connectivity index (χ4v) is 3.24. The highest BCUT2D eigenvalue weighted by atomic mass is 35.5. The van der Waals surface area contributed by atoms with Gasteiger partial charge in [0.15, 0.2) is 4.77 Å². The van der Waals surface area contributed by atoms with Crippen molar-refractivity contribution in [1.29, 1.82) is 0 Å². The first-order valence-corrected chi connectivity index (χ1v) is 6.99. The SMILES string of the molecule is CN1CC(n2c(=S)[nH]c3c(Cl)cccc32)CCC1=O. The summed E-state index contributed by atoms with van der Waals surface area (Å²) in [5, 5.41) is 0.669. The lowest BCUT2D eigenvalue weighted by molar-refractivity contribution is -0.132. The van der Waals surface area contributed by atoms with E-state index in [0.29, 0.717) is 22.8 Å². The van der Waals surface area contributed by atoms with Gasteiger partial charge in [-0.2, -0.15) is 0 Å². The Labute approximate surface area is 121 Å². The molecule has 0 spiro atoms. The number of rotatable bonds is 1. The van der Waals surface area contributed by atoms with E-state index in [2.05, 4.69) is 9.55 Å². The molecule has 0 saturated carbocycles. The van der Waals surface area contributed by atoms with E-state index in [1.807, 2.05) is 25.2 Å². The van der Waals surface area contributed by atoms with Crippen LogP contribution in [0.15, 0.2) is 18.2 Å². The van der Waals surface area contributed by atoms with E-state index in [-0.39, 0.29) is 11.9 Å². The van der Waals surface area contributed by atoms with Crippen LogP contribution in [0.1, 0.15) is 18.9 Å². The number of fused-ring (bicyclic) bond motifs is 1. The summed E-state index contributed by atoms with van der Waals surface area (Å²) in [4.78, 5) is 16.5. The first-order chi connectivity index (χ1) is 9.08. The maximum absolute atomic E-state index is 11.6. The number of hydrogen-bond acceptors (Lipinski definition) is 2. The van der Waals surface area contributed by atoms with Crippen LogP contribution >= 0.6 is 23.8 Å². The minimum absolute atomic E-state index is 0.195. The van der Waals surface area contributed by atoms with E-state index in [1.54, 1.807) is 4.90 Å². The molecule has 3 rings (SSSR count). The lowest BCUT2D eigenvalue weighted by atomic mass is 10.1. The first kappa shape index (κ1) is 12.7. The molecule has 1 unspecified atom stereocenters. The number of piperidine rings is 1. The van der Waals surface area contributed by atoms with Gasteiger partial charge in [-0.25, -0.2) is 0 Å². The fraction of sp³-hybridized carbons (Fsp3) is 0.385. The summed E-state index contributed by atoms with van der Waals surface area (Å²) in [6.07, 6.45) is 1.38. The second-order valence-electron chi connectivity index (χ2n) is 4.90. The first-order valence-electron chi connectivity index (χ1n) is 6.20. The molecule has 2 heterocycles. The number of carbonyl (C=O) groups excluding carboxylic acids is 1. The Balaban J connectivity index is 2.10. The molecule has 1 aliphatic rings. The van der Waals surface area contributed by atoms with Gasteiger partial charge in [-0.1, -0.05) is 17.7 Å². The molecule has 1 saturated heterocycles. The Bertz CT molecular complexity index is 705. The van der Waals surface area contributed by atoms with Crippen molar-refractivity contribution in [2.75, 3.05) is 13.6 Å². The molecule has 6 heteroatoms. The van der Waals surface area contributed by atoms with Crippen LogP contribution < -0.4 is 0 Å². The van der Waals surface area contributed by atoms with Crippen LogP contribution in [-0.4, -0.2) is 34.0 Å². The third kappa shape index (κ3) is 2.07. The predicted molar refractivity (Wildman–Crippen MR) is 78.0 cm³/mol. The number of amides is 1. The smallest absolute Gasteiger partial charge is 0.222 e. The largest absolute Gasteiger partial charge is 0.344 e. The quantitative estimate of drug-likeness (QED) is 0.821. The van der Waals surface area contributed by atoms with Gasteiger partial charge in [-0.05, 0) is 30.8 Å². The van der Waals surface area contributed by atoms with Gasteiger partial charge in [0.1, 0.15) is 0 Å². The number of nitrogens with zero attached hydrogens (tertiary/aromatic N) is 2. The molecular weight excluding hydrogens is 282 g/mol. The Morgan fingerprint density at radius 1 is 1.47 bits per heavy atom. The van der Waals surface area contributed by atoms with Gasteiger partial charge in [0.25, 0.3) is 0 Å². The molecule has 19 heavy (non-hydrogen) atoms. The second kappa shape index (κ2) is 4.65. The minimum atomic E-state index is 0.195. The molecular formula is C13H14ClN3OS. The van der Waals surface area contributed by atoms with Crippen LogP contribution in [0.25, 0.3) is 11.0 Å². The number of likely N-dealkylation sites (N-methyl/N-ethyl adjacent to an activating group) is 1. The number of aromatic amines is 1. The van der Waals surface area contributed by atoms with Crippen molar-refractivity contribution >= 4 is 40.8 Å². The zero-order chi connectivity index (χ0) is 13.6. The number of halogens is 1. The van der Waals surface area contributed by atoms with E-state index < -0.39 is 0 Å². The molecule has 0 bridgehead atoms. The normalized spacial score (nSPS) is 20.2. The summed E-state index contributed by atoms with van der Waals surface area (Å²) in [5.41, 5.74) is 1.87. The van der Waals surface area contributed by atoms with Gasteiger partial charge in [0, 0.05) is 20.0 Å². The molecule has 1 amide bonds. The molecule has 1 aromatic carbocycles. The topological polar surface area (TPSA) is 41.0 Å². The van der Waals surface area contributed by atoms with Gasteiger partial charge in [0.2, 0.25) is 5.91 Å². The second-order valence-corrected chi connectivity index (χ2v) is 5.69. The predicted octanol–water partition coefficient (Wildman–Crippen LogP) is 3.15. The average Bonchev–Trinajstić information content (AvgIpc) is 2.71. The number of benzene rings is 1. The van der Waals surface area contributed by atoms with Crippen LogP contribution in [0.4, 0.5) is 0 Å². The van der Waals surface area contributed by atoms with E-state index in [1.165, 1.54) is 0 Å². The standard InChI is InChI=1S/C13H14ClN3OS/c1-16-7-8(5-6-11(16)18)17-10-4-2-3-9(14)12(10)15-13(17)19/h2-4,8H,5-7H2,1H3,(H,15,19). The summed E-state index contributed by atoms with van der Waals surface area (Å²) in [6, 6.07) is 5.98.